The molecule has 1 aliphatic carbocycles. The number of fused-ring (bicyclic) bond motifs is 3. The summed E-state index contributed by atoms with van der Waals surface area (Å²) in [6.07, 6.45) is 0.00707. The highest BCUT2D eigenvalue weighted by Gasteiger charge is 2.41. The van der Waals surface area contributed by atoms with Crippen molar-refractivity contribution >= 4 is 23.3 Å². The zero-order valence-corrected chi connectivity index (χ0v) is 14.6. The van der Waals surface area contributed by atoms with Crippen LogP contribution >= 0.6 is 11.6 Å². The van der Waals surface area contributed by atoms with Crippen LogP contribution in [0.25, 0.3) is 0 Å². The van der Waals surface area contributed by atoms with Crippen molar-refractivity contribution in [2.75, 3.05) is 5.32 Å². The second kappa shape index (κ2) is 6.30. The number of rotatable bonds is 2. The van der Waals surface area contributed by atoms with Crippen molar-refractivity contribution in [2.24, 2.45) is 5.92 Å². The number of hydrogen-bond donors (Lipinski definition) is 1. The number of aromatic carboxylic acids is 1. The normalized spacial score (nSPS) is 23.5. The molecule has 27 heavy (non-hydrogen) atoms. The highest BCUT2D eigenvalue weighted by molar-refractivity contribution is 6.33. The molecule has 3 nitrogen and oxygen atoms in total. The fourth-order valence-corrected chi connectivity index (χ4v) is 4.31. The van der Waals surface area contributed by atoms with E-state index in [0.717, 1.165) is 12.1 Å². The highest BCUT2D eigenvalue weighted by Crippen LogP contribution is 2.52. The quantitative estimate of drug-likeness (QED) is 0.763. The average Bonchev–Trinajstić information content (AvgIpc) is 3.10. The molecule has 0 fully saturated rings. The van der Waals surface area contributed by atoms with Crippen LogP contribution < -0.4 is 10.4 Å². The minimum absolute atomic E-state index is 0.0472. The maximum atomic E-state index is 13.1. The molecule has 0 bridgehead atoms. The lowest BCUT2D eigenvalue weighted by atomic mass is 9.75. The molecule has 4 rings (SSSR count). The van der Waals surface area contributed by atoms with Crippen molar-refractivity contribution < 1.29 is 23.1 Å². The maximum absolute atomic E-state index is 13.1. The van der Waals surface area contributed by atoms with Crippen LogP contribution in [-0.4, -0.2) is 5.97 Å². The topological polar surface area (TPSA) is 52.2 Å². The molecule has 2 aromatic carbocycles. The number of allylic oxidation sites excluding steroid dienone is 2. The first-order chi connectivity index (χ1) is 12.8. The van der Waals surface area contributed by atoms with E-state index in [1.807, 2.05) is 12.2 Å². The van der Waals surface area contributed by atoms with Gasteiger partial charge in [-0.3, -0.25) is 0 Å². The zero-order valence-electron chi connectivity index (χ0n) is 13.9. The molecule has 0 spiro atoms. The Balaban J connectivity index is 1.84. The van der Waals surface area contributed by atoms with Crippen LogP contribution in [0.4, 0.5) is 18.9 Å². The van der Waals surface area contributed by atoms with Gasteiger partial charge in [0, 0.05) is 11.5 Å². The monoisotopic (exact) mass is 392 g/mol. The van der Waals surface area contributed by atoms with Crippen LogP contribution in [0.5, 0.6) is 0 Å². The molecule has 0 aromatic heterocycles. The van der Waals surface area contributed by atoms with Gasteiger partial charge >= 0.3 is 6.18 Å². The lowest BCUT2D eigenvalue weighted by molar-refractivity contribution is -0.255. The summed E-state index contributed by atoms with van der Waals surface area (Å²) < 4.78 is 39.4. The van der Waals surface area contributed by atoms with Gasteiger partial charge in [0.05, 0.1) is 28.3 Å². The van der Waals surface area contributed by atoms with Gasteiger partial charge in [0.2, 0.25) is 0 Å². The molecule has 0 radical (unpaired) electrons. The molecule has 7 heteroatoms. The Hall–Kier alpha value is -2.47. The predicted molar refractivity (Wildman–Crippen MR) is 93.6 cm³/mol. The van der Waals surface area contributed by atoms with E-state index in [1.54, 1.807) is 6.07 Å². The van der Waals surface area contributed by atoms with Crippen molar-refractivity contribution in [3.05, 3.63) is 75.8 Å². The van der Waals surface area contributed by atoms with Gasteiger partial charge in [-0.15, -0.1) is 0 Å². The lowest BCUT2D eigenvalue weighted by Crippen LogP contribution is -2.33. The molecule has 0 amide bonds. The number of carboxylic acid groups (broad SMARTS) is 1. The maximum Gasteiger partial charge on any atom is 0.416 e. The van der Waals surface area contributed by atoms with E-state index in [1.165, 1.54) is 18.2 Å². The van der Waals surface area contributed by atoms with Crippen LogP contribution in [0.15, 0.2) is 48.6 Å². The predicted octanol–water partition coefficient (Wildman–Crippen LogP) is 4.55. The summed E-state index contributed by atoms with van der Waals surface area (Å²) in [5.74, 6) is -1.67. The Labute approximate surface area is 158 Å². The standard InChI is InChI=1S/C20H15ClF3NO2/c21-15-8-7-14(19(26)27)16-12-5-2-6-13(12)17(25-18(15)16)10-3-1-4-11(9-10)20(22,23)24/h1-5,7-9,12-13,17,25H,6H2,(H,26,27)/p-1/t12-,13-,17+/m0/s1. The van der Waals surface area contributed by atoms with Crippen molar-refractivity contribution in [1.82, 2.24) is 0 Å². The minimum Gasteiger partial charge on any atom is -0.545 e. The minimum atomic E-state index is -4.43. The van der Waals surface area contributed by atoms with Gasteiger partial charge in [-0.2, -0.15) is 13.2 Å². The summed E-state index contributed by atoms with van der Waals surface area (Å²) in [5, 5.41) is 15.1. The second-order valence-corrected chi connectivity index (χ2v) is 7.18. The van der Waals surface area contributed by atoms with Gasteiger partial charge in [0.15, 0.2) is 0 Å². The molecule has 1 aliphatic heterocycles. The summed E-state index contributed by atoms with van der Waals surface area (Å²) >= 11 is 6.29. The van der Waals surface area contributed by atoms with Gasteiger partial charge in [-0.05, 0) is 41.7 Å². The fraction of sp³-hybridized carbons (Fsp3) is 0.250. The first-order valence-corrected chi connectivity index (χ1v) is 8.79. The number of benzene rings is 2. The lowest BCUT2D eigenvalue weighted by Gasteiger charge is -2.39. The van der Waals surface area contributed by atoms with Crippen LogP contribution in [0.2, 0.25) is 5.02 Å². The first kappa shape index (κ1) is 17.9. The Morgan fingerprint density at radius 1 is 1.22 bits per heavy atom. The Bertz CT molecular complexity index is 955. The summed E-state index contributed by atoms with van der Waals surface area (Å²) in [6, 6.07) is 7.64. The first-order valence-electron chi connectivity index (χ1n) is 8.41. The summed E-state index contributed by atoms with van der Waals surface area (Å²) in [4.78, 5) is 11.5. The van der Waals surface area contributed by atoms with E-state index >= 15 is 0 Å². The molecule has 0 saturated heterocycles. The van der Waals surface area contributed by atoms with Crippen molar-refractivity contribution in [1.29, 1.82) is 0 Å². The molecule has 3 atom stereocenters. The number of alkyl halides is 3. The summed E-state index contributed by atoms with van der Waals surface area (Å²) in [7, 11) is 0. The third kappa shape index (κ3) is 2.98. The number of nitrogens with one attached hydrogen (secondary N) is 1. The number of carbonyl (C=O) groups is 1. The van der Waals surface area contributed by atoms with Crippen LogP contribution in [0, 0.1) is 5.92 Å². The average molecular weight is 393 g/mol. The molecule has 2 aliphatic rings. The van der Waals surface area contributed by atoms with E-state index in [2.05, 4.69) is 5.32 Å². The van der Waals surface area contributed by atoms with Gasteiger partial charge in [-0.25, -0.2) is 0 Å². The van der Waals surface area contributed by atoms with Gasteiger partial charge in [0.25, 0.3) is 0 Å². The smallest absolute Gasteiger partial charge is 0.416 e. The second-order valence-electron chi connectivity index (χ2n) is 6.77. The molecular formula is C20H14ClF3NO2-. The Kier molecular flexibility index (Phi) is 4.18. The number of carboxylic acids is 1. The molecular weight excluding hydrogens is 379 g/mol. The summed E-state index contributed by atoms with van der Waals surface area (Å²) in [5.41, 5.74) is 0.790. The molecule has 1 N–H and O–H groups in total. The van der Waals surface area contributed by atoms with Crippen LogP contribution in [-0.2, 0) is 6.18 Å². The zero-order chi connectivity index (χ0) is 19.3. The Morgan fingerprint density at radius 2 is 2.00 bits per heavy atom. The fourth-order valence-electron chi connectivity index (χ4n) is 4.09. The highest BCUT2D eigenvalue weighted by atomic mass is 35.5. The largest absolute Gasteiger partial charge is 0.545 e. The van der Waals surface area contributed by atoms with E-state index in [-0.39, 0.29) is 17.4 Å². The number of halogens is 4. The van der Waals surface area contributed by atoms with Crippen molar-refractivity contribution in [3.8, 4) is 0 Å². The number of carbonyl (C=O) groups excluding carboxylic acids is 1. The SMILES string of the molecule is O=C([O-])c1ccc(Cl)c2c1[C@H]1C=CC[C@@H]1[C@@H](c1cccc(C(F)(F)F)c1)N2. The molecule has 140 valence electrons. The molecule has 1 heterocycles. The van der Waals surface area contributed by atoms with Crippen molar-refractivity contribution in [2.45, 2.75) is 24.6 Å². The van der Waals surface area contributed by atoms with E-state index in [9.17, 15) is 23.1 Å². The molecule has 0 unspecified atom stereocenters. The third-order valence-corrected chi connectivity index (χ3v) is 5.58. The van der Waals surface area contributed by atoms with Crippen LogP contribution in [0.1, 0.15) is 45.4 Å². The Morgan fingerprint density at radius 3 is 2.70 bits per heavy atom. The van der Waals surface area contributed by atoms with E-state index in [4.69, 9.17) is 11.6 Å². The summed E-state index contributed by atoms with van der Waals surface area (Å²) in [6.45, 7) is 0. The molecule has 2 aromatic rings. The van der Waals surface area contributed by atoms with Crippen LogP contribution in [0.3, 0.4) is 0 Å². The number of hydrogen-bond acceptors (Lipinski definition) is 3. The van der Waals surface area contributed by atoms with E-state index < -0.39 is 23.8 Å². The van der Waals surface area contributed by atoms with Crippen molar-refractivity contribution in [3.63, 3.8) is 0 Å². The number of anilines is 1. The van der Waals surface area contributed by atoms with Gasteiger partial charge in [-0.1, -0.05) is 42.0 Å². The van der Waals surface area contributed by atoms with Gasteiger partial charge < -0.3 is 15.2 Å². The molecule has 0 saturated carbocycles. The third-order valence-electron chi connectivity index (χ3n) is 5.26. The van der Waals surface area contributed by atoms with Gasteiger partial charge in [0.1, 0.15) is 0 Å². The van der Waals surface area contributed by atoms with E-state index in [0.29, 0.717) is 28.3 Å².